The van der Waals surface area contributed by atoms with Gasteiger partial charge >= 0.3 is 5.97 Å². The summed E-state index contributed by atoms with van der Waals surface area (Å²) >= 11 is 0. The number of aliphatic carboxylic acids is 1. The minimum atomic E-state index is -0.640. The highest BCUT2D eigenvalue weighted by molar-refractivity contribution is 5.77. The topological polar surface area (TPSA) is 66.2 Å². The van der Waals surface area contributed by atoms with Crippen LogP contribution in [0.2, 0.25) is 0 Å². The predicted octanol–water partition coefficient (Wildman–Crippen LogP) is 1.28. The second kappa shape index (κ2) is 5.92. The van der Waals surface area contributed by atoms with Gasteiger partial charge in [-0.15, -0.1) is 0 Å². The normalized spacial score (nSPS) is 33.1. The minimum Gasteiger partial charge on any atom is -0.481 e. The van der Waals surface area contributed by atoms with E-state index < -0.39 is 11.4 Å². The lowest BCUT2D eigenvalue weighted by Gasteiger charge is -2.33. The van der Waals surface area contributed by atoms with Crippen LogP contribution in [0.15, 0.2) is 22.8 Å². The van der Waals surface area contributed by atoms with Gasteiger partial charge in [0.15, 0.2) is 0 Å². The van der Waals surface area contributed by atoms with Crippen LogP contribution in [-0.4, -0.2) is 66.3 Å². The van der Waals surface area contributed by atoms with Gasteiger partial charge in [-0.05, 0) is 25.0 Å². The van der Waals surface area contributed by atoms with Gasteiger partial charge in [-0.25, -0.2) is 0 Å². The second-order valence-corrected chi connectivity index (χ2v) is 7.18. The van der Waals surface area contributed by atoms with Crippen LogP contribution in [-0.2, 0) is 16.1 Å². The van der Waals surface area contributed by atoms with Crippen molar-refractivity contribution >= 4 is 5.97 Å². The first-order valence-electron chi connectivity index (χ1n) is 8.47. The number of furan rings is 1. The summed E-state index contributed by atoms with van der Waals surface area (Å²) in [6, 6.07) is 4.33. The molecule has 3 aliphatic rings. The van der Waals surface area contributed by atoms with Crippen molar-refractivity contribution in [1.29, 1.82) is 0 Å². The fourth-order valence-electron chi connectivity index (χ4n) is 4.58. The zero-order valence-electron chi connectivity index (χ0n) is 13.3. The number of carbonyl (C=O) groups is 1. The Hall–Kier alpha value is -1.37. The molecule has 0 amide bonds. The zero-order valence-corrected chi connectivity index (χ0v) is 13.3. The van der Waals surface area contributed by atoms with Crippen molar-refractivity contribution in [2.45, 2.75) is 25.4 Å². The molecule has 1 aromatic rings. The van der Waals surface area contributed by atoms with E-state index in [4.69, 9.17) is 9.15 Å². The number of hydrogen-bond donors (Lipinski definition) is 1. The molecule has 0 bridgehead atoms. The van der Waals surface area contributed by atoms with Crippen LogP contribution in [0.4, 0.5) is 0 Å². The van der Waals surface area contributed by atoms with Gasteiger partial charge in [-0.2, -0.15) is 0 Å². The molecular formula is C17H24N2O4. The number of nitrogens with zero attached hydrogens (tertiary/aromatic N) is 2. The molecular weight excluding hydrogens is 296 g/mol. The molecule has 0 aromatic carbocycles. The lowest BCUT2D eigenvalue weighted by atomic mass is 9.81. The van der Waals surface area contributed by atoms with Crippen molar-refractivity contribution in [3.05, 3.63) is 24.2 Å². The molecule has 3 aliphatic heterocycles. The van der Waals surface area contributed by atoms with Gasteiger partial charge in [0.05, 0.1) is 18.2 Å². The number of rotatable bonds is 4. The van der Waals surface area contributed by atoms with E-state index in [0.717, 1.165) is 44.9 Å². The molecule has 0 radical (unpaired) electrons. The van der Waals surface area contributed by atoms with E-state index in [1.165, 1.54) is 0 Å². The standard InChI is InChI=1S/C17H24N2O4/c20-16(21)17-11-18(10-15-2-1-5-23-15)8-13(17)9-19(12-17)14-3-6-22-7-4-14/h1-2,5,13-14H,3-4,6-12H2,(H,20,21)/t13-,17-/m0/s1. The van der Waals surface area contributed by atoms with Crippen molar-refractivity contribution in [3.8, 4) is 0 Å². The molecule has 0 spiro atoms. The first-order chi connectivity index (χ1) is 11.2. The maximum absolute atomic E-state index is 12.1. The molecule has 0 unspecified atom stereocenters. The van der Waals surface area contributed by atoms with Gasteiger partial charge in [0.25, 0.3) is 0 Å². The second-order valence-electron chi connectivity index (χ2n) is 7.18. The highest BCUT2D eigenvalue weighted by atomic mass is 16.5. The van der Waals surface area contributed by atoms with Crippen LogP contribution in [0.5, 0.6) is 0 Å². The molecule has 6 heteroatoms. The highest BCUT2D eigenvalue weighted by Gasteiger charge is 2.58. The molecule has 3 saturated heterocycles. The molecule has 4 rings (SSSR count). The summed E-state index contributed by atoms with van der Waals surface area (Å²) in [5.74, 6) is 0.476. The number of likely N-dealkylation sites (tertiary alicyclic amines) is 2. The monoisotopic (exact) mass is 320 g/mol. The van der Waals surface area contributed by atoms with Gasteiger partial charge in [0.1, 0.15) is 5.76 Å². The van der Waals surface area contributed by atoms with Crippen molar-refractivity contribution in [2.75, 3.05) is 39.4 Å². The third-order valence-corrected chi connectivity index (χ3v) is 5.80. The summed E-state index contributed by atoms with van der Waals surface area (Å²) in [6.07, 6.45) is 3.73. The van der Waals surface area contributed by atoms with Crippen LogP contribution >= 0.6 is 0 Å². The van der Waals surface area contributed by atoms with Crippen LogP contribution in [0, 0.1) is 11.3 Å². The van der Waals surface area contributed by atoms with Gasteiger partial charge in [-0.3, -0.25) is 14.6 Å². The summed E-state index contributed by atoms with van der Waals surface area (Å²) in [4.78, 5) is 16.7. The van der Waals surface area contributed by atoms with E-state index in [1.807, 2.05) is 12.1 Å². The highest BCUT2D eigenvalue weighted by Crippen LogP contribution is 2.44. The fraction of sp³-hybridized carbons (Fsp3) is 0.706. The van der Waals surface area contributed by atoms with E-state index in [0.29, 0.717) is 25.7 Å². The molecule has 0 aliphatic carbocycles. The number of ether oxygens (including phenoxy) is 1. The molecule has 4 heterocycles. The Morgan fingerprint density at radius 1 is 1.30 bits per heavy atom. The molecule has 6 nitrogen and oxygen atoms in total. The Morgan fingerprint density at radius 2 is 2.13 bits per heavy atom. The van der Waals surface area contributed by atoms with E-state index in [2.05, 4.69) is 9.80 Å². The number of hydrogen-bond acceptors (Lipinski definition) is 5. The van der Waals surface area contributed by atoms with Crippen LogP contribution < -0.4 is 0 Å². The SMILES string of the molecule is O=C(O)[C@]12CN(Cc3ccco3)C[C@H]1CN(C1CCOCC1)C2. The number of carboxylic acid groups (broad SMARTS) is 1. The molecule has 1 N–H and O–H groups in total. The van der Waals surface area contributed by atoms with Crippen LogP contribution in [0.3, 0.4) is 0 Å². The van der Waals surface area contributed by atoms with Crippen molar-refractivity contribution in [1.82, 2.24) is 9.80 Å². The number of fused-ring (bicyclic) bond motifs is 1. The van der Waals surface area contributed by atoms with Crippen molar-refractivity contribution in [2.24, 2.45) is 11.3 Å². The van der Waals surface area contributed by atoms with E-state index in [1.54, 1.807) is 6.26 Å². The molecule has 0 saturated carbocycles. The van der Waals surface area contributed by atoms with Gasteiger partial charge in [0, 0.05) is 51.4 Å². The molecule has 23 heavy (non-hydrogen) atoms. The summed E-state index contributed by atoms with van der Waals surface area (Å²) in [7, 11) is 0. The van der Waals surface area contributed by atoms with Gasteiger partial charge < -0.3 is 14.3 Å². The summed E-state index contributed by atoms with van der Waals surface area (Å²) in [5.41, 5.74) is -0.620. The van der Waals surface area contributed by atoms with Crippen LogP contribution in [0.25, 0.3) is 0 Å². The summed E-state index contributed by atoms with van der Waals surface area (Å²) in [5, 5.41) is 9.93. The lowest BCUT2D eigenvalue weighted by Crippen LogP contribution is -2.44. The van der Waals surface area contributed by atoms with Crippen molar-refractivity contribution in [3.63, 3.8) is 0 Å². The van der Waals surface area contributed by atoms with E-state index in [9.17, 15) is 9.90 Å². The first-order valence-corrected chi connectivity index (χ1v) is 8.47. The maximum atomic E-state index is 12.1. The first kappa shape index (κ1) is 15.2. The minimum absolute atomic E-state index is 0.206. The average molecular weight is 320 g/mol. The van der Waals surface area contributed by atoms with E-state index in [-0.39, 0.29) is 5.92 Å². The Morgan fingerprint density at radius 3 is 2.78 bits per heavy atom. The molecule has 1 aromatic heterocycles. The van der Waals surface area contributed by atoms with Gasteiger partial charge in [-0.1, -0.05) is 0 Å². The average Bonchev–Trinajstić information content (AvgIpc) is 3.23. The third kappa shape index (κ3) is 2.69. The number of carboxylic acids is 1. The van der Waals surface area contributed by atoms with E-state index >= 15 is 0 Å². The fourth-order valence-corrected chi connectivity index (χ4v) is 4.58. The lowest BCUT2D eigenvalue weighted by molar-refractivity contribution is -0.149. The Labute approximate surface area is 136 Å². The smallest absolute Gasteiger partial charge is 0.312 e. The molecule has 2 atom stereocenters. The Balaban J connectivity index is 1.46. The summed E-state index contributed by atoms with van der Waals surface area (Å²) < 4.78 is 10.9. The summed E-state index contributed by atoms with van der Waals surface area (Å²) in [6.45, 7) is 5.33. The molecule has 126 valence electrons. The Kier molecular flexibility index (Phi) is 3.91. The van der Waals surface area contributed by atoms with Gasteiger partial charge in [0.2, 0.25) is 0 Å². The Bertz CT molecular complexity index is 555. The maximum Gasteiger partial charge on any atom is 0.312 e. The van der Waals surface area contributed by atoms with Crippen molar-refractivity contribution < 1.29 is 19.1 Å². The zero-order chi connectivity index (χ0) is 15.9. The predicted molar refractivity (Wildman–Crippen MR) is 83.0 cm³/mol. The quantitative estimate of drug-likeness (QED) is 0.901. The largest absolute Gasteiger partial charge is 0.481 e. The van der Waals surface area contributed by atoms with Crippen LogP contribution in [0.1, 0.15) is 18.6 Å². The third-order valence-electron chi connectivity index (χ3n) is 5.80. The molecule has 3 fully saturated rings.